The summed E-state index contributed by atoms with van der Waals surface area (Å²) in [5.41, 5.74) is 3.04. The summed E-state index contributed by atoms with van der Waals surface area (Å²) >= 11 is 0. The monoisotopic (exact) mass is 468 g/mol. The fourth-order valence-electron chi connectivity index (χ4n) is 2.35. The number of rotatable bonds is 5. The SMILES string of the molecule is CN=C(NCc1ccccc1OC(C)(C)C)NCc1ncccc1C.I. The second-order valence-corrected chi connectivity index (χ2v) is 6.87. The molecule has 2 aromatic rings. The topological polar surface area (TPSA) is 58.5 Å². The number of aliphatic imine (C=N–C) groups is 1. The van der Waals surface area contributed by atoms with E-state index in [4.69, 9.17) is 4.74 Å². The van der Waals surface area contributed by atoms with Crippen molar-refractivity contribution < 1.29 is 4.74 Å². The van der Waals surface area contributed by atoms with E-state index in [1.54, 1.807) is 13.2 Å². The summed E-state index contributed by atoms with van der Waals surface area (Å²) in [6.45, 7) is 9.46. The molecule has 2 N–H and O–H groups in total. The van der Waals surface area contributed by atoms with Crippen molar-refractivity contribution >= 4 is 29.9 Å². The zero-order valence-corrected chi connectivity index (χ0v) is 18.5. The van der Waals surface area contributed by atoms with Crippen molar-refractivity contribution in [2.45, 2.75) is 46.4 Å². The molecule has 6 heteroatoms. The molecule has 0 bridgehead atoms. The summed E-state index contributed by atoms with van der Waals surface area (Å²) in [6, 6.07) is 12.1. The molecule has 0 atom stereocenters. The average Bonchev–Trinajstić information content (AvgIpc) is 2.56. The molecule has 1 aromatic carbocycles. The predicted octanol–water partition coefficient (Wildman–Crippen LogP) is 4.05. The summed E-state index contributed by atoms with van der Waals surface area (Å²) in [7, 11) is 1.76. The Bertz CT molecular complexity index is 726. The van der Waals surface area contributed by atoms with Gasteiger partial charge in [-0.2, -0.15) is 0 Å². The Kier molecular flexibility index (Phi) is 8.84. The van der Waals surface area contributed by atoms with Crippen LogP contribution in [0.2, 0.25) is 0 Å². The highest BCUT2D eigenvalue weighted by atomic mass is 127. The number of para-hydroxylation sites is 1. The lowest BCUT2D eigenvalue weighted by Gasteiger charge is -2.23. The first-order valence-electron chi connectivity index (χ1n) is 8.51. The molecule has 0 radical (unpaired) electrons. The molecule has 2 rings (SSSR count). The second-order valence-electron chi connectivity index (χ2n) is 6.87. The van der Waals surface area contributed by atoms with Gasteiger partial charge in [-0.25, -0.2) is 0 Å². The van der Waals surface area contributed by atoms with Crippen molar-refractivity contribution in [3.05, 3.63) is 59.4 Å². The van der Waals surface area contributed by atoms with Crippen LogP contribution in [0.25, 0.3) is 0 Å². The van der Waals surface area contributed by atoms with E-state index in [1.165, 1.54) is 0 Å². The van der Waals surface area contributed by atoms with Crippen LogP contribution in [0.15, 0.2) is 47.6 Å². The van der Waals surface area contributed by atoms with Crippen LogP contribution in [-0.2, 0) is 13.1 Å². The minimum Gasteiger partial charge on any atom is -0.488 e. The molecule has 0 aliphatic carbocycles. The van der Waals surface area contributed by atoms with Crippen LogP contribution < -0.4 is 15.4 Å². The number of benzene rings is 1. The highest BCUT2D eigenvalue weighted by molar-refractivity contribution is 14.0. The van der Waals surface area contributed by atoms with E-state index in [0.717, 1.165) is 28.5 Å². The van der Waals surface area contributed by atoms with Gasteiger partial charge in [-0.05, 0) is 45.4 Å². The van der Waals surface area contributed by atoms with Crippen molar-refractivity contribution in [3.8, 4) is 5.75 Å². The first kappa shape index (κ1) is 22.2. The largest absolute Gasteiger partial charge is 0.488 e. The number of pyridine rings is 1. The quantitative estimate of drug-likeness (QED) is 0.395. The Hall–Kier alpha value is -1.83. The first-order valence-corrected chi connectivity index (χ1v) is 8.51. The van der Waals surface area contributed by atoms with E-state index in [2.05, 4.69) is 39.7 Å². The van der Waals surface area contributed by atoms with Gasteiger partial charge in [0.05, 0.1) is 12.2 Å². The maximum atomic E-state index is 6.03. The third-order valence-corrected chi connectivity index (χ3v) is 3.60. The Morgan fingerprint density at radius 1 is 1.08 bits per heavy atom. The minimum absolute atomic E-state index is 0. The molecular weight excluding hydrogens is 439 g/mol. The van der Waals surface area contributed by atoms with Gasteiger partial charge < -0.3 is 15.4 Å². The van der Waals surface area contributed by atoms with Crippen LogP contribution in [-0.4, -0.2) is 23.6 Å². The molecule has 0 amide bonds. The summed E-state index contributed by atoms with van der Waals surface area (Å²) in [4.78, 5) is 8.67. The van der Waals surface area contributed by atoms with Crippen LogP contribution in [0, 0.1) is 6.92 Å². The van der Waals surface area contributed by atoms with Gasteiger partial charge in [-0.15, -0.1) is 24.0 Å². The molecule has 0 saturated carbocycles. The highest BCUT2D eigenvalue weighted by Crippen LogP contribution is 2.22. The molecule has 0 fully saturated rings. The smallest absolute Gasteiger partial charge is 0.191 e. The van der Waals surface area contributed by atoms with Crippen LogP contribution in [0.4, 0.5) is 0 Å². The van der Waals surface area contributed by atoms with Crippen LogP contribution >= 0.6 is 24.0 Å². The average molecular weight is 468 g/mol. The molecule has 0 aliphatic heterocycles. The third-order valence-electron chi connectivity index (χ3n) is 3.60. The van der Waals surface area contributed by atoms with E-state index in [-0.39, 0.29) is 29.6 Å². The molecule has 142 valence electrons. The summed E-state index contributed by atoms with van der Waals surface area (Å²) in [5.74, 6) is 1.62. The van der Waals surface area contributed by atoms with Crippen molar-refractivity contribution in [3.63, 3.8) is 0 Å². The Balaban J connectivity index is 0.00000338. The van der Waals surface area contributed by atoms with E-state index >= 15 is 0 Å². The van der Waals surface area contributed by atoms with Gasteiger partial charge in [-0.3, -0.25) is 9.98 Å². The van der Waals surface area contributed by atoms with Gasteiger partial charge in [0.2, 0.25) is 0 Å². The molecule has 0 saturated heterocycles. The summed E-state index contributed by atoms with van der Waals surface area (Å²) in [6.07, 6.45) is 1.81. The maximum Gasteiger partial charge on any atom is 0.191 e. The molecule has 5 nitrogen and oxygen atoms in total. The van der Waals surface area contributed by atoms with Gasteiger partial charge in [0.25, 0.3) is 0 Å². The fraction of sp³-hybridized carbons (Fsp3) is 0.400. The lowest BCUT2D eigenvalue weighted by atomic mass is 10.1. The Morgan fingerprint density at radius 3 is 2.42 bits per heavy atom. The van der Waals surface area contributed by atoms with Gasteiger partial charge >= 0.3 is 0 Å². The van der Waals surface area contributed by atoms with Crippen molar-refractivity contribution in [2.24, 2.45) is 4.99 Å². The molecule has 1 heterocycles. The zero-order valence-electron chi connectivity index (χ0n) is 16.2. The van der Waals surface area contributed by atoms with Crippen LogP contribution in [0.1, 0.15) is 37.6 Å². The summed E-state index contributed by atoms with van der Waals surface area (Å²) < 4.78 is 6.03. The lowest BCUT2D eigenvalue weighted by molar-refractivity contribution is 0.129. The third kappa shape index (κ3) is 7.19. The molecule has 0 spiro atoms. The summed E-state index contributed by atoms with van der Waals surface area (Å²) in [5, 5.41) is 6.63. The number of nitrogens with one attached hydrogen (secondary N) is 2. The van der Waals surface area contributed by atoms with Crippen molar-refractivity contribution in [1.29, 1.82) is 0 Å². The van der Waals surface area contributed by atoms with Crippen molar-refractivity contribution in [1.82, 2.24) is 15.6 Å². The molecule has 26 heavy (non-hydrogen) atoms. The fourth-order valence-corrected chi connectivity index (χ4v) is 2.35. The van der Waals surface area contributed by atoms with E-state index in [0.29, 0.717) is 13.1 Å². The van der Waals surface area contributed by atoms with Gasteiger partial charge in [0.15, 0.2) is 5.96 Å². The van der Waals surface area contributed by atoms with E-state index in [9.17, 15) is 0 Å². The molecule has 0 aliphatic rings. The molecule has 0 unspecified atom stereocenters. The number of hydrogen-bond acceptors (Lipinski definition) is 3. The highest BCUT2D eigenvalue weighted by Gasteiger charge is 2.14. The Morgan fingerprint density at radius 2 is 1.77 bits per heavy atom. The van der Waals surface area contributed by atoms with E-state index < -0.39 is 0 Å². The molecular formula is C20H29IN4O. The predicted molar refractivity (Wildman–Crippen MR) is 118 cm³/mol. The number of ether oxygens (including phenoxy) is 1. The Labute approximate surface area is 173 Å². The van der Waals surface area contributed by atoms with Crippen LogP contribution in [0.5, 0.6) is 5.75 Å². The normalized spacial score (nSPS) is 11.5. The van der Waals surface area contributed by atoms with Gasteiger partial charge in [-0.1, -0.05) is 24.3 Å². The van der Waals surface area contributed by atoms with E-state index in [1.807, 2.05) is 45.0 Å². The lowest BCUT2D eigenvalue weighted by Crippen LogP contribution is -2.37. The van der Waals surface area contributed by atoms with Gasteiger partial charge in [0.1, 0.15) is 11.4 Å². The number of halogens is 1. The first-order chi connectivity index (χ1) is 11.9. The number of hydrogen-bond donors (Lipinski definition) is 2. The molecule has 1 aromatic heterocycles. The zero-order chi connectivity index (χ0) is 18.3. The van der Waals surface area contributed by atoms with Crippen molar-refractivity contribution in [2.75, 3.05) is 7.05 Å². The number of aromatic nitrogens is 1. The number of guanidine groups is 1. The van der Waals surface area contributed by atoms with Gasteiger partial charge in [0, 0.05) is 25.4 Å². The minimum atomic E-state index is -0.230. The number of aryl methyl sites for hydroxylation is 1. The maximum absolute atomic E-state index is 6.03. The number of nitrogens with zero attached hydrogens (tertiary/aromatic N) is 2. The second kappa shape index (κ2) is 10.4. The standard InChI is InChI=1S/C20H28N4O.HI/c1-15-9-8-12-22-17(15)14-24-19(21-5)23-13-16-10-6-7-11-18(16)25-20(2,3)4;/h6-12H,13-14H2,1-5H3,(H2,21,23,24);1H. The van der Waals surface area contributed by atoms with Crippen LogP contribution in [0.3, 0.4) is 0 Å².